The summed E-state index contributed by atoms with van der Waals surface area (Å²) in [4.78, 5) is 0. The maximum atomic E-state index is 10.7. The number of furan rings is 2. The molecule has 0 atom stereocenters. The highest BCUT2D eigenvalue weighted by atomic mass is 16.3. The van der Waals surface area contributed by atoms with Crippen LogP contribution in [-0.4, -0.2) is 0 Å². The van der Waals surface area contributed by atoms with Gasteiger partial charge in [0.2, 0.25) is 0 Å². The van der Waals surface area contributed by atoms with Gasteiger partial charge in [0, 0.05) is 38.2 Å². The number of hydrogen-bond acceptors (Lipinski definition) is 6. The molecule has 0 bridgehead atoms. The zero-order valence-electron chi connectivity index (χ0n) is 24.0. The van der Waals surface area contributed by atoms with E-state index in [1.165, 1.54) is 12.1 Å². The number of fused-ring (bicyclic) bond motifs is 6. The average molecular weight is 587 g/mol. The third-order valence-corrected chi connectivity index (χ3v) is 8.43. The maximum Gasteiger partial charge on any atom is 0.135 e. The van der Waals surface area contributed by atoms with E-state index in [0.717, 1.165) is 60.6 Å². The van der Waals surface area contributed by atoms with E-state index in [4.69, 9.17) is 8.83 Å². The number of hydrogen-bond donors (Lipinski definition) is 0. The Morgan fingerprint density at radius 1 is 0.413 bits per heavy atom. The molecule has 0 radical (unpaired) electrons. The van der Waals surface area contributed by atoms with E-state index in [-0.39, 0.29) is 16.7 Å². The lowest BCUT2D eigenvalue weighted by Gasteiger charge is -2.16. The number of nitriles is 4. The van der Waals surface area contributed by atoms with Gasteiger partial charge in [-0.3, -0.25) is 0 Å². The lowest BCUT2D eigenvalue weighted by molar-refractivity contribution is 0.668. The molecule has 6 heteroatoms. The number of rotatable bonds is 3. The fourth-order valence-corrected chi connectivity index (χ4v) is 6.33. The van der Waals surface area contributed by atoms with Crippen LogP contribution in [-0.2, 0) is 0 Å². The normalized spacial score (nSPS) is 11.0. The molecule has 8 aromatic rings. The second-order valence-corrected chi connectivity index (χ2v) is 11.0. The molecule has 0 aliphatic rings. The molecule has 0 fully saturated rings. The highest BCUT2D eigenvalue weighted by Crippen LogP contribution is 2.42. The van der Waals surface area contributed by atoms with Gasteiger partial charge < -0.3 is 8.83 Å². The van der Waals surface area contributed by atoms with Crippen molar-refractivity contribution in [3.63, 3.8) is 0 Å². The first-order chi connectivity index (χ1) is 22.6. The third kappa shape index (κ3) is 4.00. The summed E-state index contributed by atoms with van der Waals surface area (Å²) in [6.45, 7) is 0. The molecule has 6 nitrogen and oxygen atoms in total. The Balaban J connectivity index is 1.46. The van der Waals surface area contributed by atoms with Crippen molar-refractivity contribution in [1.29, 1.82) is 21.0 Å². The number of nitrogens with zero attached hydrogens (tertiary/aromatic N) is 4. The second kappa shape index (κ2) is 10.3. The van der Waals surface area contributed by atoms with Gasteiger partial charge in [0.15, 0.2) is 0 Å². The van der Waals surface area contributed by atoms with E-state index in [1.54, 1.807) is 0 Å². The van der Waals surface area contributed by atoms with Gasteiger partial charge in [-0.05, 0) is 77.4 Å². The zero-order valence-corrected chi connectivity index (χ0v) is 24.0. The van der Waals surface area contributed by atoms with Crippen LogP contribution in [0.5, 0.6) is 0 Å². The summed E-state index contributed by atoms with van der Waals surface area (Å²) in [6.07, 6.45) is 0. The first kappa shape index (κ1) is 26.5. The lowest BCUT2D eigenvalue weighted by Crippen LogP contribution is -1.98. The van der Waals surface area contributed by atoms with Crippen LogP contribution in [0.4, 0.5) is 0 Å². The van der Waals surface area contributed by atoms with Crippen LogP contribution in [0.15, 0.2) is 118 Å². The van der Waals surface area contributed by atoms with Gasteiger partial charge in [-0.15, -0.1) is 0 Å². The third-order valence-electron chi connectivity index (χ3n) is 8.43. The van der Waals surface area contributed by atoms with Gasteiger partial charge in [0.25, 0.3) is 0 Å². The van der Waals surface area contributed by atoms with Gasteiger partial charge in [-0.1, -0.05) is 48.5 Å². The van der Waals surface area contributed by atoms with E-state index in [9.17, 15) is 21.0 Å². The van der Waals surface area contributed by atoms with Crippen LogP contribution < -0.4 is 0 Å². The molecule has 0 N–H and O–H groups in total. The fourth-order valence-electron chi connectivity index (χ4n) is 6.33. The van der Waals surface area contributed by atoms with Crippen molar-refractivity contribution >= 4 is 43.9 Å². The predicted octanol–water partition coefficient (Wildman–Crippen LogP) is 9.97. The molecule has 0 saturated heterocycles. The van der Waals surface area contributed by atoms with Gasteiger partial charge in [0.05, 0.1) is 40.5 Å². The number of para-hydroxylation sites is 2. The standard InChI is InChI=1S/C40H18N4O2/c41-19-23-13-27(20-42)40(28(14-23)21-43)34-18-26(24-9-11-38-32(15-24)29-5-1-3-7-36(29)45-38)17-31(35(34)22-44)25-10-12-39-33(16-25)30-6-2-4-8-37(30)46-39/h1-18H. The minimum Gasteiger partial charge on any atom is -0.456 e. The Morgan fingerprint density at radius 2 is 0.935 bits per heavy atom. The SMILES string of the molecule is N#Cc1cc(C#N)c(-c2cc(-c3ccc4oc5ccccc5c4c3)cc(-c3ccc4oc5ccccc5c4c3)c2C#N)c(C#N)c1. The van der Waals surface area contributed by atoms with Crippen LogP contribution in [0.25, 0.3) is 77.3 Å². The minimum atomic E-state index is 0.141. The largest absolute Gasteiger partial charge is 0.456 e. The molecule has 6 aromatic carbocycles. The van der Waals surface area contributed by atoms with E-state index in [1.807, 2.05) is 97.1 Å². The molecule has 46 heavy (non-hydrogen) atoms. The van der Waals surface area contributed by atoms with Crippen molar-refractivity contribution in [2.24, 2.45) is 0 Å². The maximum absolute atomic E-state index is 10.7. The molecule has 2 aromatic heterocycles. The molecule has 8 rings (SSSR count). The zero-order chi connectivity index (χ0) is 31.4. The van der Waals surface area contributed by atoms with Crippen molar-refractivity contribution in [3.8, 4) is 57.7 Å². The van der Waals surface area contributed by atoms with Crippen LogP contribution in [0.3, 0.4) is 0 Å². The molecule has 0 spiro atoms. The summed E-state index contributed by atoms with van der Waals surface area (Å²) < 4.78 is 12.1. The first-order valence-electron chi connectivity index (χ1n) is 14.4. The van der Waals surface area contributed by atoms with Gasteiger partial charge in [-0.2, -0.15) is 21.0 Å². The van der Waals surface area contributed by atoms with E-state index in [0.29, 0.717) is 22.3 Å². The van der Waals surface area contributed by atoms with Gasteiger partial charge >= 0.3 is 0 Å². The molecular formula is C40H18N4O2. The van der Waals surface area contributed by atoms with Crippen molar-refractivity contribution in [3.05, 3.63) is 131 Å². The van der Waals surface area contributed by atoms with Crippen LogP contribution in [0, 0.1) is 45.3 Å². The summed E-state index contributed by atoms with van der Waals surface area (Å²) in [5.74, 6) is 0. The van der Waals surface area contributed by atoms with Crippen LogP contribution >= 0.6 is 0 Å². The van der Waals surface area contributed by atoms with E-state index >= 15 is 0 Å². The fraction of sp³-hybridized carbons (Fsp3) is 0. The van der Waals surface area contributed by atoms with Gasteiger partial charge in [-0.25, -0.2) is 0 Å². The van der Waals surface area contributed by atoms with Crippen molar-refractivity contribution in [1.82, 2.24) is 0 Å². The lowest BCUT2D eigenvalue weighted by atomic mass is 9.84. The van der Waals surface area contributed by atoms with Crippen molar-refractivity contribution in [2.45, 2.75) is 0 Å². The average Bonchev–Trinajstić information content (AvgIpc) is 3.68. The summed E-state index contributed by atoms with van der Waals surface area (Å²) in [5, 5.41) is 44.4. The van der Waals surface area contributed by atoms with Crippen LogP contribution in [0.2, 0.25) is 0 Å². The van der Waals surface area contributed by atoms with Crippen LogP contribution in [0.1, 0.15) is 22.3 Å². The second-order valence-electron chi connectivity index (χ2n) is 11.0. The van der Waals surface area contributed by atoms with Crippen molar-refractivity contribution in [2.75, 3.05) is 0 Å². The highest BCUT2D eigenvalue weighted by Gasteiger charge is 2.22. The Morgan fingerprint density at radius 3 is 1.50 bits per heavy atom. The molecule has 0 aliphatic heterocycles. The monoisotopic (exact) mass is 586 g/mol. The molecule has 0 saturated carbocycles. The molecule has 0 amide bonds. The Hall–Kier alpha value is -7.12. The summed E-state index contributed by atoms with van der Waals surface area (Å²) >= 11 is 0. The van der Waals surface area contributed by atoms with E-state index in [2.05, 4.69) is 24.3 Å². The smallest absolute Gasteiger partial charge is 0.135 e. The molecular weight excluding hydrogens is 568 g/mol. The topological polar surface area (TPSA) is 121 Å². The molecule has 0 unspecified atom stereocenters. The first-order valence-corrected chi connectivity index (χ1v) is 14.4. The Labute approximate surface area is 262 Å². The number of benzene rings is 6. The summed E-state index contributed by atoms with van der Waals surface area (Å²) in [6, 6.07) is 42.8. The summed E-state index contributed by atoms with van der Waals surface area (Å²) in [7, 11) is 0. The minimum absolute atomic E-state index is 0.141. The molecule has 0 aliphatic carbocycles. The Kier molecular flexibility index (Phi) is 5.91. The van der Waals surface area contributed by atoms with E-state index < -0.39 is 0 Å². The quantitative estimate of drug-likeness (QED) is 0.203. The van der Waals surface area contributed by atoms with Crippen molar-refractivity contribution < 1.29 is 8.83 Å². The predicted molar refractivity (Wildman–Crippen MR) is 176 cm³/mol. The summed E-state index contributed by atoms with van der Waals surface area (Å²) in [5.41, 5.74) is 7.62. The highest BCUT2D eigenvalue weighted by molar-refractivity contribution is 6.08. The molecule has 210 valence electrons. The van der Waals surface area contributed by atoms with Gasteiger partial charge in [0.1, 0.15) is 28.4 Å². The Bertz CT molecular complexity index is 2720. The molecule has 2 heterocycles.